The highest BCUT2D eigenvalue weighted by Crippen LogP contribution is 2.35. The van der Waals surface area contributed by atoms with Gasteiger partial charge in [0.2, 0.25) is 0 Å². The molecule has 1 nitrogen and oxygen atoms in total. The largest absolute Gasteiger partial charge is 0.494 e. The molecule has 2 aromatic carbocycles. The van der Waals surface area contributed by atoms with Crippen molar-refractivity contribution < 1.29 is 9.13 Å². The van der Waals surface area contributed by atoms with Crippen molar-refractivity contribution in [2.24, 2.45) is 0 Å². The van der Waals surface area contributed by atoms with Gasteiger partial charge in [0.05, 0.1) is 11.9 Å². The highest BCUT2D eigenvalue weighted by atomic mass is 79.9. The van der Waals surface area contributed by atoms with Crippen molar-refractivity contribution in [1.29, 1.82) is 0 Å². The maximum atomic E-state index is 13.7. The fraction of sp³-hybridized carbons (Fsp3) is 0.200. The van der Waals surface area contributed by atoms with Gasteiger partial charge in [-0.2, -0.15) is 0 Å². The van der Waals surface area contributed by atoms with Crippen molar-refractivity contribution in [3.8, 4) is 5.75 Å². The molecule has 2 aromatic rings. The van der Waals surface area contributed by atoms with Crippen molar-refractivity contribution in [3.05, 3.63) is 63.4 Å². The summed E-state index contributed by atoms with van der Waals surface area (Å²) in [4.78, 5) is -0.0407. The van der Waals surface area contributed by atoms with Crippen LogP contribution in [0.1, 0.15) is 21.5 Å². The van der Waals surface area contributed by atoms with Crippen molar-refractivity contribution >= 4 is 31.9 Å². The molecule has 2 rings (SSSR count). The first-order valence-electron chi connectivity index (χ1n) is 5.76. The third-order valence-electron chi connectivity index (χ3n) is 2.97. The first-order valence-corrected chi connectivity index (χ1v) is 7.47. The number of halogens is 3. The lowest BCUT2D eigenvalue weighted by atomic mass is 10.0. The molecule has 4 heteroatoms. The van der Waals surface area contributed by atoms with E-state index in [4.69, 9.17) is 4.74 Å². The van der Waals surface area contributed by atoms with Crippen LogP contribution in [-0.4, -0.2) is 7.11 Å². The van der Waals surface area contributed by atoms with E-state index in [1.807, 2.05) is 31.2 Å². The van der Waals surface area contributed by atoms with E-state index in [1.165, 1.54) is 13.2 Å². The fourth-order valence-corrected chi connectivity index (χ4v) is 3.22. The molecule has 1 atom stereocenters. The summed E-state index contributed by atoms with van der Waals surface area (Å²) in [6, 6.07) is 11.1. The number of hydrogen-bond acceptors (Lipinski definition) is 1. The molecule has 0 amide bonds. The molecule has 0 aliphatic carbocycles. The molecule has 0 radical (unpaired) electrons. The van der Waals surface area contributed by atoms with Crippen LogP contribution in [0.3, 0.4) is 0 Å². The van der Waals surface area contributed by atoms with Gasteiger partial charge >= 0.3 is 0 Å². The third-order valence-corrected chi connectivity index (χ3v) is 4.49. The molecular weight excluding hydrogens is 375 g/mol. The maximum absolute atomic E-state index is 13.7. The first-order chi connectivity index (χ1) is 9.02. The maximum Gasteiger partial charge on any atom is 0.165 e. The Morgan fingerprint density at radius 2 is 1.89 bits per heavy atom. The molecule has 0 aliphatic heterocycles. The SMILES string of the molecule is COc1ccc(C(Br)c2ccc(Br)cc2C)cc1F. The Labute approximate surface area is 129 Å². The van der Waals surface area contributed by atoms with Crippen molar-refractivity contribution in [2.45, 2.75) is 11.8 Å². The van der Waals surface area contributed by atoms with Crippen LogP contribution < -0.4 is 4.74 Å². The minimum absolute atomic E-state index is 0.0407. The number of ether oxygens (including phenoxy) is 1. The van der Waals surface area contributed by atoms with Gasteiger partial charge in [-0.1, -0.05) is 44.0 Å². The normalized spacial score (nSPS) is 12.3. The molecule has 0 aromatic heterocycles. The number of alkyl halides is 1. The average Bonchev–Trinajstić information content (AvgIpc) is 2.38. The van der Waals surface area contributed by atoms with Gasteiger partial charge in [-0.25, -0.2) is 4.39 Å². The summed E-state index contributed by atoms with van der Waals surface area (Å²) in [5, 5.41) is 0. The molecule has 0 heterocycles. The van der Waals surface area contributed by atoms with Crippen LogP contribution in [0.25, 0.3) is 0 Å². The minimum atomic E-state index is -0.348. The second-order valence-corrected chi connectivity index (χ2v) is 6.09. The summed E-state index contributed by atoms with van der Waals surface area (Å²) in [6.07, 6.45) is 0. The molecule has 1 unspecified atom stereocenters. The summed E-state index contributed by atoms with van der Waals surface area (Å²) < 4.78 is 19.7. The molecule has 19 heavy (non-hydrogen) atoms. The molecule has 0 bridgehead atoms. The molecule has 0 saturated heterocycles. The Kier molecular flexibility index (Phi) is 4.63. The second kappa shape index (κ2) is 6.06. The molecule has 0 aliphatic rings. The average molecular weight is 388 g/mol. The number of hydrogen-bond donors (Lipinski definition) is 0. The second-order valence-electron chi connectivity index (χ2n) is 4.26. The van der Waals surface area contributed by atoms with Crippen LogP contribution >= 0.6 is 31.9 Å². The quantitative estimate of drug-likeness (QED) is 0.641. The topological polar surface area (TPSA) is 9.23 Å². The number of methoxy groups -OCH3 is 1. The van der Waals surface area contributed by atoms with E-state index in [0.29, 0.717) is 0 Å². The fourth-order valence-electron chi connectivity index (χ4n) is 1.94. The summed E-state index contributed by atoms with van der Waals surface area (Å²) in [6.45, 7) is 2.04. The van der Waals surface area contributed by atoms with Gasteiger partial charge in [0.15, 0.2) is 11.6 Å². The van der Waals surface area contributed by atoms with Crippen molar-refractivity contribution in [2.75, 3.05) is 7.11 Å². The lowest BCUT2D eigenvalue weighted by Crippen LogP contribution is -1.98. The van der Waals surface area contributed by atoms with Gasteiger partial charge in [0.25, 0.3) is 0 Å². The van der Waals surface area contributed by atoms with E-state index in [0.717, 1.165) is 21.2 Å². The van der Waals surface area contributed by atoms with E-state index in [2.05, 4.69) is 31.9 Å². The molecule has 100 valence electrons. The Morgan fingerprint density at radius 1 is 1.16 bits per heavy atom. The summed E-state index contributed by atoms with van der Waals surface area (Å²) in [5.74, 6) is -0.0878. The Bertz CT molecular complexity index is 599. The van der Waals surface area contributed by atoms with Crippen LogP contribution in [0.2, 0.25) is 0 Å². The van der Waals surface area contributed by atoms with E-state index >= 15 is 0 Å². The van der Waals surface area contributed by atoms with Gasteiger partial charge in [0.1, 0.15) is 0 Å². The van der Waals surface area contributed by atoms with Crippen LogP contribution in [0.4, 0.5) is 4.39 Å². The standard InChI is InChI=1S/C15H13Br2FO/c1-9-7-11(16)4-5-12(9)15(17)10-3-6-14(19-2)13(18)8-10/h3-8,15H,1-2H3. The van der Waals surface area contributed by atoms with Crippen LogP contribution in [-0.2, 0) is 0 Å². The van der Waals surface area contributed by atoms with E-state index < -0.39 is 0 Å². The number of benzene rings is 2. The van der Waals surface area contributed by atoms with Gasteiger partial charge in [0, 0.05) is 4.47 Å². The highest BCUT2D eigenvalue weighted by Gasteiger charge is 2.15. The van der Waals surface area contributed by atoms with Gasteiger partial charge in [-0.15, -0.1) is 0 Å². The van der Waals surface area contributed by atoms with E-state index in [9.17, 15) is 4.39 Å². The molecule has 0 spiro atoms. The highest BCUT2D eigenvalue weighted by molar-refractivity contribution is 9.10. The summed E-state index contributed by atoms with van der Waals surface area (Å²) in [5.41, 5.74) is 3.13. The smallest absolute Gasteiger partial charge is 0.165 e. The lowest BCUT2D eigenvalue weighted by molar-refractivity contribution is 0.386. The van der Waals surface area contributed by atoms with Crippen molar-refractivity contribution in [1.82, 2.24) is 0 Å². The van der Waals surface area contributed by atoms with Gasteiger partial charge in [-0.05, 0) is 47.9 Å². The Balaban J connectivity index is 2.38. The van der Waals surface area contributed by atoms with Crippen LogP contribution in [0, 0.1) is 12.7 Å². The predicted molar refractivity (Wildman–Crippen MR) is 82.6 cm³/mol. The zero-order chi connectivity index (χ0) is 14.0. The lowest BCUT2D eigenvalue weighted by Gasteiger charge is -2.15. The Hall–Kier alpha value is -0.870. The molecule has 0 saturated carbocycles. The van der Waals surface area contributed by atoms with Gasteiger partial charge in [-0.3, -0.25) is 0 Å². The van der Waals surface area contributed by atoms with Crippen LogP contribution in [0.5, 0.6) is 5.75 Å². The number of aryl methyl sites for hydroxylation is 1. The predicted octanol–water partition coefficient (Wildman–Crippen LogP) is 5.39. The zero-order valence-electron chi connectivity index (χ0n) is 10.6. The first kappa shape index (κ1) is 14.5. The minimum Gasteiger partial charge on any atom is -0.494 e. The zero-order valence-corrected chi connectivity index (χ0v) is 13.8. The Morgan fingerprint density at radius 3 is 2.47 bits per heavy atom. The molecule has 0 N–H and O–H groups in total. The van der Waals surface area contributed by atoms with Crippen LogP contribution in [0.15, 0.2) is 40.9 Å². The number of rotatable bonds is 3. The van der Waals surface area contributed by atoms with Crippen molar-refractivity contribution in [3.63, 3.8) is 0 Å². The van der Waals surface area contributed by atoms with Gasteiger partial charge < -0.3 is 4.74 Å². The molecule has 0 fully saturated rings. The van der Waals surface area contributed by atoms with E-state index in [1.54, 1.807) is 6.07 Å². The monoisotopic (exact) mass is 386 g/mol. The summed E-state index contributed by atoms with van der Waals surface area (Å²) in [7, 11) is 1.46. The van der Waals surface area contributed by atoms with E-state index in [-0.39, 0.29) is 16.4 Å². The molecular formula is C15H13Br2FO. The third kappa shape index (κ3) is 3.18. The summed E-state index contributed by atoms with van der Waals surface area (Å²) >= 11 is 7.07.